The average molecular weight is 330 g/mol. The second-order valence-corrected chi connectivity index (χ2v) is 5.44. The minimum Gasteiger partial charge on any atom is -0.497 e. The second kappa shape index (κ2) is 7.04. The fourth-order valence-electron chi connectivity index (χ4n) is 2.01. The van der Waals surface area contributed by atoms with E-state index in [1.165, 1.54) is 11.3 Å². The molecule has 0 aliphatic carbocycles. The van der Waals surface area contributed by atoms with E-state index in [2.05, 4.69) is 15.6 Å². The molecule has 1 amide bonds. The highest BCUT2D eigenvalue weighted by Gasteiger charge is 2.22. The highest BCUT2D eigenvalue weighted by molar-refractivity contribution is 7.22. The van der Waals surface area contributed by atoms with Gasteiger partial charge in [0.2, 0.25) is 0 Å². The number of morpholine rings is 1. The molecule has 1 aromatic carbocycles. The maximum absolute atomic E-state index is 12.0. The number of benzene rings is 1. The van der Waals surface area contributed by atoms with Crippen LogP contribution >= 0.6 is 23.7 Å². The maximum atomic E-state index is 12.0. The molecule has 1 aliphatic rings. The lowest BCUT2D eigenvalue weighted by Crippen LogP contribution is -2.45. The van der Waals surface area contributed by atoms with Crippen LogP contribution in [0.3, 0.4) is 0 Å². The van der Waals surface area contributed by atoms with E-state index in [0.717, 1.165) is 22.5 Å². The molecule has 6 nitrogen and oxygen atoms in total. The summed E-state index contributed by atoms with van der Waals surface area (Å²) in [5.41, 5.74) is 0.841. The number of aromatic nitrogens is 1. The number of halogens is 1. The molecular formula is C13H16ClN3O3S. The van der Waals surface area contributed by atoms with E-state index in [1.54, 1.807) is 7.11 Å². The van der Waals surface area contributed by atoms with E-state index >= 15 is 0 Å². The number of amides is 1. The Kier molecular flexibility index (Phi) is 5.35. The Balaban J connectivity index is 0.00000161. The Morgan fingerprint density at radius 1 is 1.57 bits per heavy atom. The molecule has 1 saturated heterocycles. The van der Waals surface area contributed by atoms with E-state index in [0.29, 0.717) is 18.3 Å². The number of hydrogen-bond acceptors (Lipinski definition) is 6. The third-order valence-corrected chi connectivity index (χ3v) is 3.98. The first-order valence-electron chi connectivity index (χ1n) is 6.34. The van der Waals surface area contributed by atoms with Crippen LogP contribution in [0.25, 0.3) is 10.2 Å². The molecule has 114 valence electrons. The molecule has 0 radical (unpaired) electrons. The number of carbonyl (C=O) groups excluding carboxylic acids is 1. The van der Waals surface area contributed by atoms with E-state index < -0.39 is 6.10 Å². The lowest BCUT2D eigenvalue weighted by molar-refractivity contribution is -0.128. The number of nitrogens with zero attached hydrogens (tertiary/aromatic N) is 1. The second-order valence-electron chi connectivity index (χ2n) is 4.41. The molecule has 0 spiro atoms. The molecular weight excluding hydrogens is 314 g/mol. The zero-order valence-electron chi connectivity index (χ0n) is 11.4. The minimum absolute atomic E-state index is 0. The Bertz CT molecular complexity index is 628. The van der Waals surface area contributed by atoms with Crippen LogP contribution in [-0.4, -0.2) is 43.8 Å². The zero-order valence-corrected chi connectivity index (χ0v) is 13.1. The van der Waals surface area contributed by atoms with Crippen molar-refractivity contribution in [2.75, 3.05) is 32.1 Å². The summed E-state index contributed by atoms with van der Waals surface area (Å²) in [6.07, 6.45) is -0.453. The van der Waals surface area contributed by atoms with Crippen molar-refractivity contribution in [3.63, 3.8) is 0 Å². The van der Waals surface area contributed by atoms with Gasteiger partial charge in [0.05, 0.1) is 23.9 Å². The van der Waals surface area contributed by atoms with Gasteiger partial charge >= 0.3 is 0 Å². The molecule has 2 aromatic rings. The summed E-state index contributed by atoms with van der Waals surface area (Å²) in [5.74, 6) is 0.613. The number of anilines is 1. The van der Waals surface area contributed by atoms with Crippen molar-refractivity contribution in [3.8, 4) is 5.75 Å². The molecule has 0 saturated carbocycles. The summed E-state index contributed by atoms with van der Waals surface area (Å²) in [6.45, 7) is 1.87. The zero-order chi connectivity index (χ0) is 13.9. The van der Waals surface area contributed by atoms with Gasteiger partial charge in [-0.25, -0.2) is 4.98 Å². The van der Waals surface area contributed by atoms with Gasteiger partial charge in [0, 0.05) is 13.1 Å². The van der Waals surface area contributed by atoms with Crippen LogP contribution in [0.2, 0.25) is 0 Å². The molecule has 8 heteroatoms. The Labute approximate surface area is 132 Å². The summed E-state index contributed by atoms with van der Waals surface area (Å²) in [4.78, 5) is 16.4. The first kappa shape index (κ1) is 16.0. The number of nitrogens with one attached hydrogen (secondary N) is 2. The fourth-order valence-corrected chi connectivity index (χ4v) is 2.90. The van der Waals surface area contributed by atoms with Crippen LogP contribution in [0.4, 0.5) is 5.13 Å². The van der Waals surface area contributed by atoms with E-state index in [1.807, 2.05) is 18.2 Å². The van der Waals surface area contributed by atoms with Crippen LogP contribution in [0, 0.1) is 0 Å². The largest absolute Gasteiger partial charge is 0.497 e. The number of thiazole rings is 1. The summed E-state index contributed by atoms with van der Waals surface area (Å²) >= 11 is 1.42. The van der Waals surface area contributed by atoms with Gasteiger partial charge in [-0.05, 0) is 18.2 Å². The topological polar surface area (TPSA) is 72.5 Å². The van der Waals surface area contributed by atoms with Gasteiger partial charge in [-0.15, -0.1) is 12.4 Å². The summed E-state index contributed by atoms with van der Waals surface area (Å²) in [6, 6.07) is 5.63. The SMILES string of the molecule is COc1ccc2nc(NC(=O)C3CNCCO3)sc2c1.Cl. The normalized spacial score (nSPS) is 18.0. The van der Waals surface area contributed by atoms with Crippen LogP contribution in [0.5, 0.6) is 5.75 Å². The number of rotatable bonds is 3. The fraction of sp³-hybridized carbons (Fsp3) is 0.385. The monoisotopic (exact) mass is 329 g/mol. The van der Waals surface area contributed by atoms with Crippen molar-refractivity contribution in [2.24, 2.45) is 0 Å². The summed E-state index contributed by atoms with van der Waals surface area (Å²) in [7, 11) is 1.62. The quantitative estimate of drug-likeness (QED) is 0.896. The molecule has 21 heavy (non-hydrogen) atoms. The first-order chi connectivity index (χ1) is 9.76. The standard InChI is InChI=1S/C13H15N3O3S.ClH/c1-18-8-2-3-9-11(6-8)20-13(15-9)16-12(17)10-7-14-4-5-19-10;/h2-3,6,10,14H,4-5,7H2,1H3,(H,15,16,17);1H. The maximum Gasteiger partial charge on any atom is 0.256 e. The smallest absolute Gasteiger partial charge is 0.256 e. The van der Waals surface area contributed by atoms with Crippen molar-refractivity contribution in [3.05, 3.63) is 18.2 Å². The van der Waals surface area contributed by atoms with Gasteiger partial charge in [0.15, 0.2) is 5.13 Å². The van der Waals surface area contributed by atoms with Crippen LogP contribution in [0.1, 0.15) is 0 Å². The van der Waals surface area contributed by atoms with Crippen molar-refractivity contribution in [1.82, 2.24) is 10.3 Å². The minimum atomic E-state index is -0.453. The highest BCUT2D eigenvalue weighted by Crippen LogP contribution is 2.29. The number of methoxy groups -OCH3 is 1. The van der Waals surface area contributed by atoms with E-state index in [9.17, 15) is 4.79 Å². The predicted molar refractivity (Wildman–Crippen MR) is 84.7 cm³/mol. The van der Waals surface area contributed by atoms with Crippen molar-refractivity contribution >= 4 is 45.0 Å². The predicted octanol–water partition coefficient (Wildman–Crippen LogP) is 1.65. The highest BCUT2D eigenvalue weighted by atomic mass is 35.5. The molecule has 3 rings (SSSR count). The molecule has 0 bridgehead atoms. The molecule has 1 unspecified atom stereocenters. The Morgan fingerprint density at radius 3 is 3.14 bits per heavy atom. The van der Waals surface area contributed by atoms with Crippen molar-refractivity contribution < 1.29 is 14.3 Å². The molecule has 1 fully saturated rings. The van der Waals surface area contributed by atoms with Gasteiger partial charge in [0.1, 0.15) is 11.9 Å². The number of carbonyl (C=O) groups is 1. The molecule has 1 atom stereocenters. The molecule has 1 aliphatic heterocycles. The number of fused-ring (bicyclic) bond motifs is 1. The van der Waals surface area contributed by atoms with Gasteiger partial charge in [-0.2, -0.15) is 0 Å². The van der Waals surface area contributed by atoms with Gasteiger partial charge in [-0.3, -0.25) is 10.1 Å². The number of ether oxygens (including phenoxy) is 2. The first-order valence-corrected chi connectivity index (χ1v) is 7.15. The van der Waals surface area contributed by atoms with Crippen LogP contribution in [-0.2, 0) is 9.53 Å². The lowest BCUT2D eigenvalue weighted by Gasteiger charge is -2.22. The third kappa shape index (κ3) is 3.62. The summed E-state index contributed by atoms with van der Waals surface area (Å²) < 4.78 is 11.6. The van der Waals surface area contributed by atoms with Crippen molar-refractivity contribution in [2.45, 2.75) is 6.10 Å². The number of hydrogen-bond donors (Lipinski definition) is 2. The van der Waals surface area contributed by atoms with E-state index in [4.69, 9.17) is 9.47 Å². The average Bonchev–Trinajstić information content (AvgIpc) is 2.89. The molecule has 2 N–H and O–H groups in total. The van der Waals surface area contributed by atoms with Gasteiger partial charge in [-0.1, -0.05) is 11.3 Å². The lowest BCUT2D eigenvalue weighted by atomic mass is 10.3. The molecule has 2 heterocycles. The molecule has 1 aromatic heterocycles. The van der Waals surface area contributed by atoms with Crippen LogP contribution < -0.4 is 15.4 Å². The van der Waals surface area contributed by atoms with Gasteiger partial charge < -0.3 is 14.8 Å². The van der Waals surface area contributed by atoms with Crippen LogP contribution in [0.15, 0.2) is 18.2 Å². The van der Waals surface area contributed by atoms with Crippen molar-refractivity contribution in [1.29, 1.82) is 0 Å². The Morgan fingerprint density at radius 2 is 2.43 bits per heavy atom. The Hall–Kier alpha value is -1.41. The summed E-state index contributed by atoms with van der Waals surface area (Å²) in [5, 5.41) is 6.50. The van der Waals surface area contributed by atoms with E-state index in [-0.39, 0.29) is 18.3 Å². The third-order valence-electron chi connectivity index (χ3n) is 3.05. The van der Waals surface area contributed by atoms with Gasteiger partial charge in [0.25, 0.3) is 5.91 Å².